The van der Waals surface area contributed by atoms with Crippen LogP contribution in [0.1, 0.15) is 44.6 Å². The van der Waals surface area contributed by atoms with Crippen molar-refractivity contribution in [2.24, 2.45) is 0 Å². The zero-order chi connectivity index (χ0) is 20.4. The molecule has 0 spiro atoms. The van der Waals surface area contributed by atoms with E-state index in [-0.39, 0.29) is 24.4 Å². The minimum atomic E-state index is -0.804. The zero-order valence-electron chi connectivity index (χ0n) is 16.7. The topological polar surface area (TPSA) is 72.9 Å². The molecule has 0 unspecified atom stereocenters. The number of likely N-dealkylation sites (N-methyl/N-ethyl adjacent to an activating group) is 1. The molecule has 6 nitrogen and oxygen atoms in total. The molecule has 1 aromatic rings. The monoisotopic (exact) mass is 393 g/mol. The van der Waals surface area contributed by atoms with E-state index in [9.17, 15) is 14.0 Å². The quantitative estimate of drug-likeness (QED) is 0.599. The molecular formula is C21H32FN3O3. The molecule has 7 heteroatoms. The molecule has 0 saturated carbocycles. The fourth-order valence-corrected chi connectivity index (χ4v) is 3.70. The second-order valence-corrected chi connectivity index (χ2v) is 7.34. The Balaban J connectivity index is 1.57. The highest BCUT2D eigenvalue weighted by Gasteiger charge is 2.26. The number of carbonyl (C=O) groups excluding carboxylic acids is 1. The molecular weight excluding hydrogens is 361 g/mol. The second-order valence-electron chi connectivity index (χ2n) is 7.34. The van der Waals surface area contributed by atoms with Gasteiger partial charge in [-0.2, -0.15) is 0 Å². The average Bonchev–Trinajstić information content (AvgIpc) is 2.70. The van der Waals surface area contributed by atoms with E-state index in [4.69, 9.17) is 5.11 Å². The van der Waals surface area contributed by atoms with Gasteiger partial charge in [-0.15, -0.1) is 0 Å². The summed E-state index contributed by atoms with van der Waals surface area (Å²) in [6.45, 7) is 4.72. The first-order valence-corrected chi connectivity index (χ1v) is 10.2. The van der Waals surface area contributed by atoms with Gasteiger partial charge in [0, 0.05) is 25.7 Å². The van der Waals surface area contributed by atoms with E-state index >= 15 is 0 Å². The lowest BCUT2D eigenvalue weighted by Gasteiger charge is -2.37. The Kier molecular flexibility index (Phi) is 9.20. The van der Waals surface area contributed by atoms with Crippen molar-refractivity contribution in [3.05, 3.63) is 35.6 Å². The number of carbonyl (C=O) groups is 2. The number of hydrogen-bond donors (Lipinski definition) is 2. The Labute approximate surface area is 166 Å². The molecule has 0 aromatic heterocycles. The number of carboxylic acids is 1. The highest BCUT2D eigenvalue weighted by atomic mass is 19.1. The molecule has 28 heavy (non-hydrogen) atoms. The summed E-state index contributed by atoms with van der Waals surface area (Å²) < 4.78 is 12.9. The van der Waals surface area contributed by atoms with E-state index in [1.807, 2.05) is 28.9 Å². The lowest BCUT2D eigenvalue weighted by Crippen LogP contribution is -2.50. The predicted octanol–water partition coefficient (Wildman–Crippen LogP) is 3.12. The largest absolute Gasteiger partial charge is 0.480 e. The number of aliphatic carboxylic acids is 1. The summed E-state index contributed by atoms with van der Waals surface area (Å²) >= 11 is 0. The average molecular weight is 394 g/mol. The van der Waals surface area contributed by atoms with Gasteiger partial charge in [-0.25, -0.2) is 9.18 Å². The predicted molar refractivity (Wildman–Crippen MR) is 107 cm³/mol. The van der Waals surface area contributed by atoms with E-state index in [1.54, 1.807) is 0 Å². The number of likely N-dealkylation sites (tertiary alicyclic amines) is 1. The van der Waals surface area contributed by atoms with Crippen molar-refractivity contribution in [1.82, 2.24) is 15.1 Å². The van der Waals surface area contributed by atoms with Crippen LogP contribution in [0.4, 0.5) is 9.18 Å². The number of urea groups is 1. The minimum absolute atomic E-state index is 0.0294. The van der Waals surface area contributed by atoms with E-state index in [0.29, 0.717) is 26.2 Å². The lowest BCUT2D eigenvalue weighted by atomic mass is 10.0. The normalized spacial score (nSPS) is 15.0. The molecule has 0 atom stereocenters. The smallest absolute Gasteiger partial charge is 0.317 e. The Morgan fingerprint density at radius 2 is 1.86 bits per heavy atom. The van der Waals surface area contributed by atoms with E-state index < -0.39 is 5.97 Å². The molecule has 1 saturated heterocycles. The summed E-state index contributed by atoms with van der Waals surface area (Å²) in [4.78, 5) is 27.0. The van der Waals surface area contributed by atoms with E-state index in [2.05, 4.69) is 5.32 Å². The van der Waals surface area contributed by atoms with Gasteiger partial charge in [0.1, 0.15) is 5.82 Å². The van der Waals surface area contributed by atoms with Crippen LogP contribution in [-0.4, -0.2) is 65.7 Å². The molecule has 1 aliphatic rings. The number of nitrogens with zero attached hydrogens (tertiary/aromatic N) is 2. The maximum absolute atomic E-state index is 12.9. The van der Waals surface area contributed by atoms with Gasteiger partial charge in [-0.05, 0) is 56.3 Å². The lowest BCUT2D eigenvalue weighted by molar-refractivity contribution is -0.139. The van der Waals surface area contributed by atoms with Crippen molar-refractivity contribution in [1.29, 1.82) is 0 Å². The maximum atomic E-state index is 12.9. The first-order valence-electron chi connectivity index (χ1n) is 10.2. The number of benzene rings is 1. The Bertz CT molecular complexity index is 616. The first-order chi connectivity index (χ1) is 13.5. The summed E-state index contributed by atoms with van der Waals surface area (Å²) in [5.41, 5.74) is 1.14. The van der Waals surface area contributed by atoms with Crippen molar-refractivity contribution in [2.45, 2.75) is 51.5 Å². The van der Waals surface area contributed by atoms with Gasteiger partial charge in [0.2, 0.25) is 0 Å². The third kappa shape index (κ3) is 7.46. The van der Waals surface area contributed by atoms with Gasteiger partial charge in [-0.3, -0.25) is 9.69 Å². The Hall–Kier alpha value is -2.15. The molecule has 2 rings (SSSR count). The van der Waals surface area contributed by atoms with Crippen LogP contribution in [0.15, 0.2) is 24.3 Å². The van der Waals surface area contributed by atoms with Crippen LogP contribution in [0.5, 0.6) is 0 Å². The van der Waals surface area contributed by atoms with Crippen molar-refractivity contribution < 1.29 is 19.1 Å². The molecule has 0 bridgehead atoms. The fourth-order valence-electron chi connectivity index (χ4n) is 3.70. The highest BCUT2D eigenvalue weighted by molar-refractivity contribution is 5.74. The third-order valence-electron chi connectivity index (χ3n) is 5.34. The van der Waals surface area contributed by atoms with Gasteiger partial charge in [0.25, 0.3) is 0 Å². The van der Waals surface area contributed by atoms with Crippen LogP contribution in [0, 0.1) is 5.82 Å². The van der Waals surface area contributed by atoms with E-state index in [0.717, 1.165) is 44.1 Å². The zero-order valence-corrected chi connectivity index (χ0v) is 16.7. The van der Waals surface area contributed by atoms with Gasteiger partial charge in [0.05, 0.1) is 6.54 Å². The summed E-state index contributed by atoms with van der Waals surface area (Å²) in [5, 5.41) is 12.0. The summed E-state index contributed by atoms with van der Waals surface area (Å²) in [5.74, 6) is -1.01. The van der Waals surface area contributed by atoms with Crippen LogP contribution in [0.3, 0.4) is 0 Å². The van der Waals surface area contributed by atoms with Crippen LogP contribution < -0.4 is 5.32 Å². The SMILES string of the molecule is CCN(CC(=O)O)C1CCN(C(=O)NCCCCCc2ccc(F)cc2)CC1. The number of nitrogens with one attached hydrogen (secondary N) is 1. The molecule has 2 amide bonds. The van der Waals surface area contributed by atoms with Gasteiger partial charge in [0.15, 0.2) is 0 Å². The Morgan fingerprint density at radius 3 is 2.46 bits per heavy atom. The first kappa shape index (κ1) is 22.1. The van der Waals surface area contributed by atoms with E-state index in [1.165, 1.54) is 12.1 Å². The summed E-state index contributed by atoms with van der Waals surface area (Å²) in [6.07, 6.45) is 5.50. The number of halogens is 1. The fraction of sp³-hybridized carbons (Fsp3) is 0.619. The Morgan fingerprint density at radius 1 is 1.18 bits per heavy atom. The molecule has 2 N–H and O–H groups in total. The number of unbranched alkanes of at least 4 members (excludes halogenated alkanes) is 2. The van der Waals surface area contributed by atoms with Crippen LogP contribution in [-0.2, 0) is 11.2 Å². The molecule has 0 aliphatic carbocycles. The molecule has 1 aliphatic heterocycles. The third-order valence-corrected chi connectivity index (χ3v) is 5.34. The van der Waals surface area contributed by atoms with Crippen LogP contribution in [0.2, 0.25) is 0 Å². The van der Waals surface area contributed by atoms with Gasteiger partial charge < -0.3 is 15.3 Å². The van der Waals surface area contributed by atoms with Crippen molar-refractivity contribution >= 4 is 12.0 Å². The number of rotatable bonds is 10. The number of hydrogen-bond acceptors (Lipinski definition) is 3. The second kappa shape index (κ2) is 11.6. The molecule has 0 radical (unpaired) electrons. The minimum Gasteiger partial charge on any atom is -0.480 e. The number of amides is 2. The molecule has 1 aromatic carbocycles. The van der Waals surface area contributed by atoms with Crippen molar-refractivity contribution in [2.75, 3.05) is 32.7 Å². The number of aryl methyl sites for hydroxylation is 1. The maximum Gasteiger partial charge on any atom is 0.317 e. The van der Waals surface area contributed by atoms with Crippen LogP contribution in [0.25, 0.3) is 0 Å². The highest BCUT2D eigenvalue weighted by Crippen LogP contribution is 2.16. The molecule has 1 heterocycles. The van der Waals surface area contributed by atoms with Gasteiger partial charge in [-0.1, -0.05) is 25.5 Å². The van der Waals surface area contributed by atoms with Crippen molar-refractivity contribution in [3.63, 3.8) is 0 Å². The molecule has 1 fully saturated rings. The number of piperidine rings is 1. The standard InChI is InChI=1S/C21H32FN3O3/c1-2-24(16-20(26)27)19-11-14-25(15-12-19)21(28)23-13-5-3-4-6-17-7-9-18(22)10-8-17/h7-10,19H,2-6,11-16H2,1H3,(H,23,28)(H,26,27). The number of carboxylic acid groups (broad SMARTS) is 1. The summed E-state index contributed by atoms with van der Waals surface area (Å²) in [6, 6.07) is 6.81. The molecule has 156 valence electrons. The summed E-state index contributed by atoms with van der Waals surface area (Å²) in [7, 11) is 0. The van der Waals surface area contributed by atoms with Crippen molar-refractivity contribution in [3.8, 4) is 0 Å². The van der Waals surface area contributed by atoms with Gasteiger partial charge >= 0.3 is 12.0 Å². The van der Waals surface area contributed by atoms with Crippen LogP contribution >= 0.6 is 0 Å².